The number of hydrogen-bond acceptors (Lipinski definition) is 5. The van der Waals surface area contributed by atoms with Crippen LogP contribution in [0.25, 0.3) is 11.3 Å². The largest absolute Gasteiger partial charge is 0.486 e. The van der Waals surface area contributed by atoms with Crippen LogP contribution in [-0.2, 0) is 12.8 Å². The number of ether oxygens (including phenoxy) is 2. The second kappa shape index (κ2) is 7.15. The average Bonchev–Trinajstić information content (AvgIpc) is 3.10. The first kappa shape index (κ1) is 18.1. The minimum absolute atomic E-state index is 0.163. The smallest absolute Gasteiger partial charge is 0.272 e. The van der Waals surface area contributed by atoms with E-state index in [1.54, 1.807) is 11.8 Å². The Kier molecular flexibility index (Phi) is 4.47. The number of fused-ring (bicyclic) bond motifs is 4. The van der Waals surface area contributed by atoms with E-state index in [9.17, 15) is 4.79 Å². The van der Waals surface area contributed by atoms with Crippen LogP contribution in [0, 0.1) is 0 Å². The van der Waals surface area contributed by atoms with Gasteiger partial charge in [-0.3, -0.25) is 9.48 Å². The molecule has 0 spiro atoms. The van der Waals surface area contributed by atoms with E-state index in [4.69, 9.17) is 9.47 Å². The zero-order chi connectivity index (χ0) is 20.0. The van der Waals surface area contributed by atoms with Gasteiger partial charge in [-0.15, -0.1) is 11.8 Å². The molecule has 1 N–H and O–H groups in total. The number of amides is 1. The Morgan fingerprint density at radius 1 is 1.17 bits per heavy atom. The molecular weight excluding hydrogens is 386 g/mol. The lowest BCUT2D eigenvalue weighted by Gasteiger charge is -2.21. The van der Waals surface area contributed by atoms with Crippen LogP contribution in [-0.4, -0.2) is 28.9 Å². The van der Waals surface area contributed by atoms with Gasteiger partial charge in [0, 0.05) is 28.8 Å². The third-order valence-electron chi connectivity index (χ3n) is 5.29. The second-order valence-corrected chi connectivity index (χ2v) is 8.20. The molecule has 2 aliphatic heterocycles. The van der Waals surface area contributed by atoms with Crippen molar-refractivity contribution in [2.24, 2.45) is 7.05 Å². The molecule has 0 saturated carbocycles. The van der Waals surface area contributed by atoms with Crippen LogP contribution in [0.2, 0.25) is 0 Å². The number of rotatable bonds is 3. The molecule has 0 fully saturated rings. The van der Waals surface area contributed by atoms with Gasteiger partial charge in [0.15, 0.2) is 17.2 Å². The van der Waals surface area contributed by atoms with Gasteiger partial charge in [0.05, 0.1) is 11.7 Å². The van der Waals surface area contributed by atoms with Crippen molar-refractivity contribution < 1.29 is 14.3 Å². The number of carbonyl (C=O) groups excluding carboxylic acids is 1. The molecule has 1 atom stereocenters. The van der Waals surface area contributed by atoms with Gasteiger partial charge in [-0.2, -0.15) is 5.10 Å². The molecule has 29 heavy (non-hydrogen) atoms. The molecule has 7 heteroatoms. The van der Waals surface area contributed by atoms with E-state index in [0.29, 0.717) is 18.9 Å². The minimum Gasteiger partial charge on any atom is -0.486 e. The van der Waals surface area contributed by atoms with Crippen molar-refractivity contribution in [3.63, 3.8) is 0 Å². The van der Waals surface area contributed by atoms with E-state index in [1.807, 2.05) is 49.0 Å². The van der Waals surface area contributed by atoms with Gasteiger partial charge in [0.2, 0.25) is 0 Å². The fourth-order valence-electron chi connectivity index (χ4n) is 3.84. The number of hydrogen-bond donors (Lipinski definition) is 1. The molecule has 0 radical (unpaired) electrons. The van der Waals surface area contributed by atoms with Gasteiger partial charge in [0.25, 0.3) is 5.91 Å². The lowest BCUT2D eigenvalue weighted by atomic mass is 10.0. The normalized spacial score (nSPS) is 15.2. The third-order valence-corrected chi connectivity index (χ3v) is 6.39. The van der Waals surface area contributed by atoms with Crippen molar-refractivity contribution in [1.29, 1.82) is 0 Å². The predicted octanol–water partition coefficient (Wildman–Crippen LogP) is 3.96. The van der Waals surface area contributed by atoms with Crippen molar-refractivity contribution in [3.8, 4) is 22.8 Å². The summed E-state index contributed by atoms with van der Waals surface area (Å²) in [6.07, 6.45) is 0. The zero-order valence-corrected chi connectivity index (χ0v) is 17.1. The maximum atomic E-state index is 13.1. The molecule has 2 aromatic carbocycles. The number of nitrogens with one attached hydrogen (secondary N) is 1. The lowest BCUT2D eigenvalue weighted by molar-refractivity contribution is 0.0933. The molecule has 2 aliphatic rings. The van der Waals surface area contributed by atoms with Gasteiger partial charge < -0.3 is 14.8 Å². The van der Waals surface area contributed by atoms with Crippen LogP contribution in [0.15, 0.2) is 47.4 Å². The van der Waals surface area contributed by atoms with E-state index in [1.165, 1.54) is 4.90 Å². The molecule has 1 amide bonds. The van der Waals surface area contributed by atoms with Crippen molar-refractivity contribution in [1.82, 2.24) is 15.1 Å². The van der Waals surface area contributed by atoms with Crippen molar-refractivity contribution in [2.75, 3.05) is 13.2 Å². The van der Waals surface area contributed by atoms with E-state index in [0.717, 1.165) is 39.6 Å². The van der Waals surface area contributed by atoms with E-state index < -0.39 is 0 Å². The number of benzene rings is 2. The van der Waals surface area contributed by atoms with Gasteiger partial charge in [-0.25, -0.2) is 0 Å². The SMILES string of the molecule is C[C@@H](NC(=O)c1nn(C)c2c1CSc1ccccc1-2)c1ccc2c(c1)OCCO2. The Balaban J connectivity index is 1.41. The van der Waals surface area contributed by atoms with Crippen LogP contribution < -0.4 is 14.8 Å². The summed E-state index contributed by atoms with van der Waals surface area (Å²) in [6, 6.07) is 13.8. The first-order valence-electron chi connectivity index (χ1n) is 9.60. The number of aryl methyl sites for hydroxylation is 1. The highest BCUT2D eigenvalue weighted by Crippen LogP contribution is 2.42. The van der Waals surface area contributed by atoms with Crippen molar-refractivity contribution in [2.45, 2.75) is 23.6 Å². The fraction of sp³-hybridized carbons (Fsp3) is 0.273. The minimum atomic E-state index is -0.181. The number of aromatic nitrogens is 2. The van der Waals surface area contributed by atoms with Crippen LogP contribution in [0.5, 0.6) is 11.5 Å². The molecule has 148 valence electrons. The fourth-order valence-corrected chi connectivity index (χ4v) is 4.91. The van der Waals surface area contributed by atoms with E-state index in [2.05, 4.69) is 22.5 Å². The summed E-state index contributed by atoms with van der Waals surface area (Å²) in [6.45, 7) is 3.06. The molecular formula is C22H21N3O3S. The molecule has 0 aliphatic carbocycles. The molecule has 3 heterocycles. The first-order chi connectivity index (χ1) is 14.1. The highest BCUT2D eigenvalue weighted by atomic mass is 32.2. The highest BCUT2D eigenvalue weighted by molar-refractivity contribution is 7.98. The van der Waals surface area contributed by atoms with Crippen LogP contribution in [0.1, 0.15) is 34.6 Å². The summed E-state index contributed by atoms with van der Waals surface area (Å²) >= 11 is 1.74. The molecule has 6 nitrogen and oxygen atoms in total. The molecule has 0 bridgehead atoms. The lowest BCUT2D eigenvalue weighted by Crippen LogP contribution is -2.28. The summed E-state index contributed by atoms with van der Waals surface area (Å²) in [5.41, 5.74) is 4.60. The van der Waals surface area contributed by atoms with E-state index in [-0.39, 0.29) is 11.9 Å². The average molecular weight is 407 g/mol. The second-order valence-electron chi connectivity index (χ2n) is 7.18. The molecule has 5 rings (SSSR count). The monoisotopic (exact) mass is 407 g/mol. The number of carbonyl (C=O) groups is 1. The topological polar surface area (TPSA) is 65.4 Å². The third kappa shape index (κ3) is 3.15. The molecule has 0 saturated heterocycles. The maximum Gasteiger partial charge on any atom is 0.272 e. The Hall–Kier alpha value is -2.93. The van der Waals surface area contributed by atoms with Crippen LogP contribution in [0.4, 0.5) is 0 Å². The zero-order valence-electron chi connectivity index (χ0n) is 16.3. The predicted molar refractivity (Wildman–Crippen MR) is 112 cm³/mol. The van der Waals surface area contributed by atoms with E-state index >= 15 is 0 Å². The summed E-state index contributed by atoms with van der Waals surface area (Å²) in [5.74, 6) is 2.04. The standard InChI is InChI=1S/C22H21N3O3S/c1-13(14-7-8-17-18(11-14)28-10-9-27-17)23-22(26)20-16-12-29-19-6-4-3-5-15(19)21(16)25(2)24-20/h3-8,11,13H,9-10,12H2,1-2H3,(H,23,26)/t13-/m1/s1. The van der Waals surface area contributed by atoms with Gasteiger partial charge in [-0.05, 0) is 30.7 Å². The Morgan fingerprint density at radius 3 is 2.83 bits per heavy atom. The first-order valence-corrected chi connectivity index (χ1v) is 10.6. The summed E-state index contributed by atoms with van der Waals surface area (Å²) < 4.78 is 13.1. The highest BCUT2D eigenvalue weighted by Gasteiger charge is 2.28. The number of thioether (sulfide) groups is 1. The number of nitrogens with zero attached hydrogens (tertiary/aromatic N) is 2. The Bertz CT molecular complexity index is 1110. The quantitative estimate of drug-likeness (QED) is 0.712. The van der Waals surface area contributed by atoms with Crippen molar-refractivity contribution in [3.05, 3.63) is 59.3 Å². The van der Waals surface area contributed by atoms with Crippen LogP contribution in [0.3, 0.4) is 0 Å². The summed E-state index contributed by atoms with van der Waals surface area (Å²) in [4.78, 5) is 14.3. The van der Waals surface area contributed by atoms with Crippen molar-refractivity contribution >= 4 is 17.7 Å². The maximum absolute atomic E-state index is 13.1. The Labute approximate surface area is 173 Å². The molecule has 1 aromatic heterocycles. The summed E-state index contributed by atoms with van der Waals surface area (Å²) in [5, 5.41) is 7.64. The van der Waals surface area contributed by atoms with Gasteiger partial charge >= 0.3 is 0 Å². The Morgan fingerprint density at radius 2 is 1.97 bits per heavy atom. The van der Waals surface area contributed by atoms with Gasteiger partial charge in [-0.1, -0.05) is 24.3 Å². The molecule has 0 unspecified atom stereocenters. The molecule has 3 aromatic rings. The van der Waals surface area contributed by atoms with Crippen LogP contribution >= 0.6 is 11.8 Å². The van der Waals surface area contributed by atoms with Gasteiger partial charge in [0.1, 0.15) is 13.2 Å². The summed E-state index contributed by atoms with van der Waals surface area (Å²) in [7, 11) is 1.90.